The average molecular weight is 414 g/mol. The molecule has 4 aromatic carbocycles. The zero-order chi connectivity index (χ0) is 21.6. The fourth-order valence-corrected chi connectivity index (χ4v) is 4.24. The maximum absolute atomic E-state index is 11.6. The zero-order valence-electron chi connectivity index (χ0n) is 18.0. The molecule has 158 valence electrons. The summed E-state index contributed by atoms with van der Waals surface area (Å²) in [6, 6.07) is 24.6. The number of hydrogen-bond acceptors (Lipinski definition) is 4. The van der Waals surface area contributed by atoms with Crippen LogP contribution in [0.15, 0.2) is 78.0 Å². The van der Waals surface area contributed by atoms with Crippen LogP contribution in [0, 0.1) is 4.91 Å². The molecule has 0 atom stereocenters. The Morgan fingerprint density at radius 1 is 0.710 bits per heavy atom. The van der Waals surface area contributed by atoms with E-state index in [4.69, 9.17) is 9.47 Å². The molecule has 31 heavy (non-hydrogen) atoms. The second-order valence-corrected chi connectivity index (χ2v) is 7.84. The highest BCUT2D eigenvalue weighted by atomic mass is 16.5. The minimum Gasteiger partial charge on any atom is -0.497 e. The maximum Gasteiger partial charge on any atom is 0.119 e. The Hall–Kier alpha value is -3.40. The van der Waals surface area contributed by atoms with Crippen LogP contribution >= 0.6 is 0 Å². The first-order valence-corrected chi connectivity index (χ1v) is 10.7. The molecule has 4 rings (SSSR count). The van der Waals surface area contributed by atoms with Crippen molar-refractivity contribution in [3.8, 4) is 11.5 Å². The van der Waals surface area contributed by atoms with Crippen LogP contribution in [0.4, 0.5) is 0 Å². The molecule has 4 heteroatoms. The molecule has 0 bridgehead atoms. The molecule has 4 nitrogen and oxygen atoms in total. The van der Waals surface area contributed by atoms with Gasteiger partial charge in [-0.2, -0.15) is 4.91 Å². The van der Waals surface area contributed by atoms with Gasteiger partial charge in [0.1, 0.15) is 11.5 Å². The second kappa shape index (κ2) is 9.61. The minimum absolute atomic E-state index is 0.206. The fraction of sp³-hybridized carbons (Fsp3) is 0.259. The van der Waals surface area contributed by atoms with Gasteiger partial charge in [-0.15, -0.1) is 0 Å². The van der Waals surface area contributed by atoms with Crippen LogP contribution in [0.1, 0.15) is 24.0 Å². The summed E-state index contributed by atoms with van der Waals surface area (Å²) in [7, 11) is 3.36. The van der Waals surface area contributed by atoms with Gasteiger partial charge >= 0.3 is 0 Å². The van der Waals surface area contributed by atoms with E-state index >= 15 is 0 Å². The van der Waals surface area contributed by atoms with Crippen LogP contribution < -0.4 is 9.47 Å². The molecule has 0 spiro atoms. The molecular formula is C27H27NO3. The summed E-state index contributed by atoms with van der Waals surface area (Å²) in [5.74, 6) is 1.70. The Morgan fingerprint density at radius 2 is 1.19 bits per heavy atom. The Morgan fingerprint density at radius 3 is 1.61 bits per heavy atom. The summed E-state index contributed by atoms with van der Waals surface area (Å²) < 4.78 is 10.7. The first kappa shape index (κ1) is 20.9. The van der Waals surface area contributed by atoms with Gasteiger partial charge < -0.3 is 9.47 Å². The van der Waals surface area contributed by atoms with E-state index in [-0.39, 0.29) is 6.04 Å². The van der Waals surface area contributed by atoms with Gasteiger partial charge in [-0.1, -0.05) is 53.7 Å². The van der Waals surface area contributed by atoms with Crippen LogP contribution in [0.3, 0.4) is 0 Å². The van der Waals surface area contributed by atoms with Gasteiger partial charge in [0.2, 0.25) is 0 Å². The normalized spacial score (nSPS) is 11.2. The highest BCUT2D eigenvalue weighted by Crippen LogP contribution is 2.27. The Bertz CT molecular complexity index is 1110. The first-order chi connectivity index (χ1) is 15.2. The zero-order valence-corrected chi connectivity index (χ0v) is 18.0. The number of nitrogens with zero attached hydrogens (tertiary/aromatic N) is 1. The van der Waals surface area contributed by atoms with Crippen molar-refractivity contribution in [2.24, 2.45) is 5.18 Å². The van der Waals surface area contributed by atoms with E-state index in [9.17, 15) is 4.91 Å². The lowest BCUT2D eigenvalue weighted by Crippen LogP contribution is -2.07. The third-order valence-electron chi connectivity index (χ3n) is 6.00. The molecule has 0 amide bonds. The number of rotatable bonds is 9. The molecule has 0 aliphatic rings. The monoisotopic (exact) mass is 413 g/mol. The van der Waals surface area contributed by atoms with E-state index in [2.05, 4.69) is 53.7 Å². The molecule has 0 aliphatic carbocycles. The van der Waals surface area contributed by atoms with Crippen LogP contribution in [-0.4, -0.2) is 20.3 Å². The molecule has 0 radical (unpaired) electrons. The van der Waals surface area contributed by atoms with Crippen molar-refractivity contribution in [2.75, 3.05) is 14.2 Å². The molecule has 0 fully saturated rings. The molecule has 0 aromatic heterocycles. The predicted octanol–water partition coefficient (Wildman–Crippen LogP) is 6.71. The molecule has 4 aromatic rings. The molecule has 0 saturated carbocycles. The second-order valence-electron chi connectivity index (χ2n) is 7.84. The average Bonchev–Trinajstić information content (AvgIpc) is 2.83. The fourth-order valence-electron chi connectivity index (χ4n) is 4.24. The van der Waals surface area contributed by atoms with E-state index in [1.807, 2.05) is 24.3 Å². The number of nitroso groups, excluding NO2 is 1. The quantitative estimate of drug-likeness (QED) is 0.287. The summed E-state index contributed by atoms with van der Waals surface area (Å²) in [6.45, 7) is 0. The highest BCUT2D eigenvalue weighted by Gasteiger charge is 2.12. The highest BCUT2D eigenvalue weighted by molar-refractivity contribution is 5.87. The van der Waals surface area contributed by atoms with E-state index in [0.29, 0.717) is 0 Å². The molecular weight excluding hydrogens is 386 g/mol. The van der Waals surface area contributed by atoms with Gasteiger partial charge in [0.15, 0.2) is 0 Å². The Balaban J connectivity index is 1.45. The minimum atomic E-state index is -0.206. The molecule has 0 aliphatic heterocycles. The lowest BCUT2D eigenvalue weighted by atomic mass is 9.95. The molecule has 0 unspecified atom stereocenters. The summed E-state index contributed by atoms with van der Waals surface area (Å²) in [6.07, 6.45) is 3.14. The van der Waals surface area contributed by atoms with Crippen LogP contribution in [0.2, 0.25) is 0 Å². The number of methoxy groups -OCH3 is 2. The van der Waals surface area contributed by atoms with Gasteiger partial charge in [-0.3, -0.25) is 0 Å². The summed E-state index contributed by atoms with van der Waals surface area (Å²) >= 11 is 0. The number of hydrogen-bond donors (Lipinski definition) is 0. The van der Waals surface area contributed by atoms with Crippen LogP contribution in [0.5, 0.6) is 11.5 Å². The third kappa shape index (κ3) is 4.69. The van der Waals surface area contributed by atoms with Crippen molar-refractivity contribution in [3.63, 3.8) is 0 Å². The topological polar surface area (TPSA) is 47.9 Å². The number of aryl methyl sites for hydroxylation is 2. The van der Waals surface area contributed by atoms with Crippen LogP contribution in [-0.2, 0) is 12.8 Å². The van der Waals surface area contributed by atoms with Crippen molar-refractivity contribution in [2.45, 2.75) is 31.7 Å². The summed E-state index contributed by atoms with van der Waals surface area (Å²) in [4.78, 5) is 11.6. The smallest absolute Gasteiger partial charge is 0.119 e. The lowest BCUT2D eigenvalue weighted by Gasteiger charge is -2.13. The van der Waals surface area contributed by atoms with Crippen molar-refractivity contribution < 1.29 is 9.47 Å². The lowest BCUT2D eigenvalue weighted by molar-refractivity contribution is 0.415. The van der Waals surface area contributed by atoms with Crippen LogP contribution in [0.25, 0.3) is 21.5 Å². The standard InChI is InChI=1S/C27H27NO3/c1-30-24-13-15-26-19(5-3-7-21(26)17-24)9-11-23(28-29)12-10-20-6-4-8-22-18-25(31-2)14-16-27(20)22/h3-8,13-18,23H,9-12H2,1-2H3. The van der Waals surface area contributed by atoms with E-state index < -0.39 is 0 Å². The van der Waals surface area contributed by atoms with E-state index in [1.54, 1.807) is 14.2 Å². The molecule has 0 N–H and O–H groups in total. The van der Waals surface area contributed by atoms with Crippen molar-refractivity contribution in [1.82, 2.24) is 0 Å². The maximum atomic E-state index is 11.6. The Kier molecular flexibility index (Phi) is 6.46. The summed E-state index contributed by atoms with van der Waals surface area (Å²) in [5, 5.41) is 8.16. The van der Waals surface area contributed by atoms with Gasteiger partial charge in [0, 0.05) is 0 Å². The number of benzene rings is 4. The molecule has 0 heterocycles. The van der Waals surface area contributed by atoms with Crippen molar-refractivity contribution in [3.05, 3.63) is 88.8 Å². The SMILES string of the molecule is COc1ccc2c(CCC(CCc3cccc4cc(OC)ccc34)N=O)cccc2c1. The van der Waals surface area contributed by atoms with Gasteiger partial charge in [-0.25, -0.2) is 0 Å². The Labute approximate surface area is 182 Å². The summed E-state index contributed by atoms with van der Waals surface area (Å²) in [5.41, 5.74) is 2.48. The number of fused-ring (bicyclic) bond motifs is 2. The largest absolute Gasteiger partial charge is 0.497 e. The first-order valence-electron chi connectivity index (χ1n) is 10.7. The van der Waals surface area contributed by atoms with Gasteiger partial charge in [0.05, 0.1) is 20.3 Å². The molecule has 0 saturated heterocycles. The van der Waals surface area contributed by atoms with E-state index in [1.165, 1.54) is 21.9 Å². The van der Waals surface area contributed by atoms with Crippen molar-refractivity contribution in [1.29, 1.82) is 0 Å². The van der Waals surface area contributed by atoms with Crippen molar-refractivity contribution >= 4 is 21.5 Å². The van der Waals surface area contributed by atoms with Gasteiger partial charge in [-0.05, 0) is 82.6 Å². The van der Waals surface area contributed by atoms with Gasteiger partial charge in [0.25, 0.3) is 0 Å². The van der Waals surface area contributed by atoms with E-state index in [0.717, 1.165) is 48.0 Å². The predicted molar refractivity (Wildman–Crippen MR) is 127 cm³/mol. The third-order valence-corrected chi connectivity index (χ3v) is 6.00. The number of ether oxygens (including phenoxy) is 2.